The molecule has 2 amide bonds. The molecule has 3 aromatic rings. The van der Waals surface area contributed by atoms with E-state index in [2.05, 4.69) is 10.3 Å². The molecule has 0 saturated carbocycles. The van der Waals surface area contributed by atoms with Gasteiger partial charge in [0.05, 0.1) is 6.42 Å². The van der Waals surface area contributed by atoms with Crippen molar-refractivity contribution in [3.05, 3.63) is 71.2 Å². The molecule has 1 aromatic heterocycles. The average molecular weight is 466 g/mol. The number of rotatable bonds is 8. The van der Waals surface area contributed by atoms with E-state index in [1.54, 1.807) is 18.5 Å². The van der Waals surface area contributed by atoms with Crippen molar-refractivity contribution in [2.45, 2.75) is 25.3 Å². The predicted molar refractivity (Wildman–Crippen MR) is 124 cm³/mol. The lowest BCUT2D eigenvalue weighted by molar-refractivity contribution is -0.139. The van der Waals surface area contributed by atoms with Gasteiger partial charge < -0.3 is 15.2 Å². The number of fused-ring (bicyclic) bond motifs is 3. The number of thiazole rings is 1. The minimum Gasteiger partial charge on any atom is -0.481 e. The summed E-state index contributed by atoms with van der Waals surface area (Å²) in [4.78, 5) is 42.4. The minimum absolute atomic E-state index is 0.0673. The summed E-state index contributed by atoms with van der Waals surface area (Å²) in [6.07, 6.45) is 0.151. The van der Waals surface area contributed by atoms with Crippen LogP contribution in [0.4, 0.5) is 9.93 Å². The highest BCUT2D eigenvalue weighted by Gasteiger charge is 2.32. The molecule has 0 spiro atoms. The van der Waals surface area contributed by atoms with Crippen LogP contribution >= 0.6 is 11.3 Å². The number of alkyl carbamates (subject to hydrolysis) is 1. The first kappa shape index (κ1) is 22.5. The number of carbonyl (C=O) groups excluding carboxylic acids is 2. The van der Waals surface area contributed by atoms with Gasteiger partial charge in [-0.3, -0.25) is 14.5 Å². The number of nitrogens with zero attached hydrogens (tertiary/aromatic N) is 2. The second kappa shape index (κ2) is 9.83. The maximum atomic E-state index is 13.0. The molecule has 0 aliphatic heterocycles. The molecular formula is C24H23N3O5S. The third kappa shape index (κ3) is 4.73. The number of anilines is 1. The Morgan fingerprint density at radius 3 is 2.30 bits per heavy atom. The van der Waals surface area contributed by atoms with E-state index in [4.69, 9.17) is 4.74 Å². The first-order valence-corrected chi connectivity index (χ1v) is 11.4. The van der Waals surface area contributed by atoms with Crippen LogP contribution in [0.2, 0.25) is 0 Å². The standard InChI is InChI=1S/C24H23N3O5S/c1-2-27(23-25-11-12-33-23)22(30)20(13-21(28)29)26-24(31)32-14-19-17-9-5-3-7-15(17)16-8-4-6-10-18(16)19/h3-12,19-20H,2,13-14H2,1H3,(H,26,31)(H,28,29). The highest BCUT2D eigenvalue weighted by Crippen LogP contribution is 2.44. The summed E-state index contributed by atoms with van der Waals surface area (Å²) >= 11 is 1.26. The van der Waals surface area contributed by atoms with Gasteiger partial charge in [0.1, 0.15) is 12.6 Å². The number of ether oxygens (including phenoxy) is 1. The summed E-state index contributed by atoms with van der Waals surface area (Å²) in [5.41, 5.74) is 4.32. The Hall–Kier alpha value is -3.72. The highest BCUT2D eigenvalue weighted by atomic mass is 32.1. The van der Waals surface area contributed by atoms with Crippen molar-refractivity contribution < 1.29 is 24.2 Å². The number of nitrogens with one attached hydrogen (secondary N) is 1. The van der Waals surface area contributed by atoms with Crippen LogP contribution in [-0.2, 0) is 14.3 Å². The number of aromatic nitrogens is 1. The summed E-state index contributed by atoms with van der Waals surface area (Å²) in [5, 5.41) is 13.9. The van der Waals surface area contributed by atoms with Gasteiger partial charge in [-0.1, -0.05) is 48.5 Å². The average Bonchev–Trinajstić information content (AvgIpc) is 3.44. The van der Waals surface area contributed by atoms with E-state index >= 15 is 0 Å². The maximum absolute atomic E-state index is 13.0. The summed E-state index contributed by atoms with van der Waals surface area (Å²) in [5.74, 6) is -1.90. The van der Waals surface area contributed by atoms with Crippen LogP contribution in [0.1, 0.15) is 30.4 Å². The third-order valence-electron chi connectivity index (χ3n) is 5.55. The highest BCUT2D eigenvalue weighted by molar-refractivity contribution is 7.13. The van der Waals surface area contributed by atoms with E-state index in [1.807, 2.05) is 48.5 Å². The van der Waals surface area contributed by atoms with E-state index in [9.17, 15) is 19.5 Å². The molecule has 1 unspecified atom stereocenters. The molecule has 33 heavy (non-hydrogen) atoms. The summed E-state index contributed by atoms with van der Waals surface area (Å²) in [6, 6.07) is 14.6. The quantitative estimate of drug-likeness (QED) is 0.523. The molecule has 1 heterocycles. The summed E-state index contributed by atoms with van der Waals surface area (Å²) in [6.45, 7) is 2.11. The molecule has 1 atom stereocenters. The number of amides is 2. The molecule has 0 saturated heterocycles. The van der Waals surface area contributed by atoms with Crippen LogP contribution in [-0.4, -0.2) is 47.3 Å². The van der Waals surface area contributed by atoms with Gasteiger partial charge in [0, 0.05) is 24.0 Å². The van der Waals surface area contributed by atoms with Crippen molar-refractivity contribution in [2.75, 3.05) is 18.1 Å². The first-order chi connectivity index (χ1) is 16.0. The summed E-state index contributed by atoms with van der Waals surface area (Å²) < 4.78 is 5.48. The van der Waals surface area contributed by atoms with Crippen molar-refractivity contribution in [3.8, 4) is 11.1 Å². The zero-order valence-electron chi connectivity index (χ0n) is 17.9. The molecule has 2 N–H and O–H groups in total. The van der Waals surface area contributed by atoms with Crippen molar-refractivity contribution in [2.24, 2.45) is 0 Å². The zero-order valence-corrected chi connectivity index (χ0v) is 18.7. The lowest BCUT2D eigenvalue weighted by Crippen LogP contribution is -2.50. The number of carboxylic acid groups (broad SMARTS) is 1. The normalized spacial score (nSPS) is 13.0. The van der Waals surface area contributed by atoms with Crippen molar-refractivity contribution in [1.82, 2.24) is 10.3 Å². The van der Waals surface area contributed by atoms with Gasteiger partial charge in [0.25, 0.3) is 5.91 Å². The molecule has 9 heteroatoms. The van der Waals surface area contributed by atoms with Gasteiger partial charge >= 0.3 is 12.1 Å². The molecule has 2 aromatic carbocycles. The molecule has 4 rings (SSSR count). The van der Waals surface area contributed by atoms with Gasteiger partial charge in [-0.2, -0.15) is 0 Å². The number of hydrogen-bond acceptors (Lipinski definition) is 6. The van der Waals surface area contributed by atoms with Gasteiger partial charge in [0.15, 0.2) is 5.13 Å². The first-order valence-electron chi connectivity index (χ1n) is 10.5. The molecule has 0 radical (unpaired) electrons. The molecular weight excluding hydrogens is 442 g/mol. The monoisotopic (exact) mass is 465 g/mol. The minimum atomic E-state index is -1.28. The Kier molecular flexibility index (Phi) is 6.69. The zero-order chi connectivity index (χ0) is 23.4. The van der Waals surface area contributed by atoms with Gasteiger partial charge in [0.2, 0.25) is 0 Å². The van der Waals surface area contributed by atoms with Crippen molar-refractivity contribution in [3.63, 3.8) is 0 Å². The van der Waals surface area contributed by atoms with Crippen LogP contribution < -0.4 is 10.2 Å². The van der Waals surface area contributed by atoms with Crippen molar-refractivity contribution in [1.29, 1.82) is 0 Å². The molecule has 1 aliphatic rings. The number of carboxylic acids is 1. The van der Waals surface area contributed by atoms with Gasteiger partial charge in [-0.05, 0) is 29.2 Å². The molecule has 0 bridgehead atoms. The largest absolute Gasteiger partial charge is 0.481 e. The number of benzene rings is 2. The summed E-state index contributed by atoms with van der Waals surface area (Å²) in [7, 11) is 0. The smallest absolute Gasteiger partial charge is 0.407 e. The predicted octanol–water partition coefficient (Wildman–Crippen LogP) is 3.88. The van der Waals surface area contributed by atoms with E-state index in [0.717, 1.165) is 22.3 Å². The fourth-order valence-electron chi connectivity index (χ4n) is 4.08. The van der Waals surface area contributed by atoms with Crippen LogP contribution in [0.5, 0.6) is 0 Å². The Bertz CT molecular complexity index is 1120. The van der Waals surface area contributed by atoms with Gasteiger partial charge in [-0.15, -0.1) is 11.3 Å². The third-order valence-corrected chi connectivity index (χ3v) is 6.34. The fraction of sp³-hybridized carbons (Fsp3) is 0.250. The van der Waals surface area contributed by atoms with E-state index < -0.39 is 30.4 Å². The number of carbonyl (C=O) groups is 3. The number of hydrogen-bond donors (Lipinski definition) is 2. The maximum Gasteiger partial charge on any atom is 0.407 e. The van der Waals surface area contributed by atoms with Crippen LogP contribution in [0.15, 0.2) is 60.1 Å². The van der Waals surface area contributed by atoms with Crippen molar-refractivity contribution >= 4 is 34.4 Å². The van der Waals surface area contributed by atoms with Crippen LogP contribution in [0.3, 0.4) is 0 Å². The lowest BCUT2D eigenvalue weighted by atomic mass is 9.98. The lowest BCUT2D eigenvalue weighted by Gasteiger charge is -2.24. The number of aliphatic carboxylic acids is 1. The van der Waals surface area contributed by atoms with E-state index in [1.165, 1.54) is 16.2 Å². The SMILES string of the molecule is CCN(C(=O)C(CC(=O)O)NC(=O)OCC1c2ccccc2-c2ccccc21)c1nccs1. The molecule has 0 fully saturated rings. The van der Waals surface area contributed by atoms with E-state index in [-0.39, 0.29) is 19.1 Å². The van der Waals surface area contributed by atoms with Crippen LogP contribution in [0, 0.1) is 0 Å². The van der Waals surface area contributed by atoms with E-state index in [0.29, 0.717) is 5.13 Å². The Labute approximate surface area is 194 Å². The molecule has 8 nitrogen and oxygen atoms in total. The second-order valence-electron chi connectivity index (χ2n) is 7.52. The Morgan fingerprint density at radius 2 is 1.76 bits per heavy atom. The van der Waals surface area contributed by atoms with Crippen LogP contribution in [0.25, 0.3) is 11.1 Å². The second-order valence-corrected chi connectivity index (χ2v) is 8.39. The van der Waals surface area contributed by atoms with Gasteiger partial charge in [-0.25, -0.2) is 9.78 Å². The fourth-order valence-corrected chi connectivity index (χ4v) is 4.79. The topological polar surface area (TPSA) is 109 Å². The Morgan fingerprint density at radius 1 is 1.12 bits per heavy atom. The molecule has 170 valence electrons. The Balaban J connectivity index is 1.46. The number of likely N-dealkylation sites (N-methyl/N-ethyl adjacent to an activating group) is 1. The molecule has 1 aliphatic carbocycles.